The largest absolute Gasteiger partial charge is 0.493 e. The zero-order chi connectivity index (χ0) is 15.0. The standard InChI is InChI=1S/C13H16F3NO3/c14-13(15,16)7-1-8-20-12(18)6-9-19-11-4-2-10(17)3-5-11/h2-5H,1,6-9,17H2. The number of nitrogens with two attached hydrogens (primary N) is 1. The Labute approximate surface area is 114 Å². The quantitative estimate of drug-likeness (QED) is 0.476. The molecule has 1 aromatic carbocycles. The summed E-state index contributed by atoms with van der Waals surface area (Å²) < 4.78 is 45.4. The number of anilines is 1. The lowest BCUT2D eigenvalue weighted by molar-refractivity contribution is -0.150. The van der Waals surface area contributed by atoms with Gasteiger partial charge in [0.15, 0.2) is 0 Å². The van der Waals surface area contributed by atoms with E-state index in [1.807, 2.05) is 0 Å². The second-order valence-electron chi connectivity index (χ2n) is 4.11. The molecular weight excluding hydrogens is 275 g/mol. The summed E-state index contributed by atoms with van der Waals surface area (Å²) in [5.74, 6) is -0.0216. The zero-order valence-electron chi connectivity index (χ0n) is 10.8. The Balaban J connectivity index is 2.10. The van der Waals surface area contributed by atoms with Gasteiger partial charge in [0.1, 0.15) is 5.75 Å². The number of rotatable bonds is 7. The van der Waals surface area contributed by atoms with E-state index in [1.165, 1.54) is 0 Å². The first-order valence-corrected chi connectivity index (χ1v) is 6.07. The second-order valence-corrected chi connectivity index (χ2v) is 4.11. The molecule has 0 bridgehead atoms. The van der Waals surface area contributed by atoms with Crippen molar-refractivity contribution in [3.8, 4) is 5.75 Å². The lowest BCUT2D eigenvalue weighted by Crippen LogP contribution is -2.13. The van der Waals surface area contributed by atoms with Crippen LogP contribution in [0.15, 0.2) is 24.3 Å². The molecule has 0 spiro atoms. The fraction of sp³-hybridized carbons (Fsp3) is 0.462. The minimum atomic E-state index is -4.22. The number of alkyl halides is 3. The van der Waals surface area contributed by atoms with Crippen LogP contribution in [-0.2, 0) is 9.53 Å². The van der Waals surface area contributed by atoms with Gasteiger partial charge in [0.25, 0.3) is 0 Å². The van der Waals surface area contributed by atoms with Crippen LogP contribution in [0.2, 0.25) is 0 Å². The van der Waals surface area contributed by atoms with E-state index in [0.29, 0.717) is 11.4 Å². The second kappa shape index (κ2) is 7.62. The summed E-state index contributed by atoms with van der Waals surface area (Å²) >= 11 is 0. The summed E-state index contributed by atoms with van der Waals surface area (Å²) in [4.78, 5) is 11.2. The van der Waals surface area contributed by atoms with Crippen molar-refractivity contribution in [2.24, 2.45) is 0 Å². The SMILES string of the molecule is Nc1ccc(OCCC(=O)OCCCC(F)(F)F)cc1. The van der Waals surface area contributed by atoms with Crippen LogP contribution in [0.3, 0.4) is 0 Å². The number of ether oxygens (including phenoxy) is 2. The Morgan fingerprint density at radius 1 is 1.15 bits per heavy atom. The van der Waals surface area contributed by atoms with Crippen molar-refractivity contribution in [3.05, 3.63) is 24.3 Å². The van der Waals surface area contributed by atoms with Gasteiger partial charge in [0.2, 0.25) is 0 Å². The highest BCUT2D eigenvalue weighted by Crippen LogP contribution is 2.21. The number of carbonyl (C=O) groups is 1. The van der Waals surface area contributed by atoms with Gasteiger partial charge >= 0.3 is 12.1 Å². The molecule has 0 saturated heterocycles. The van der Waals surface area contributed by atoms with Crippen LogP contribution >= 0.6 is 0 Å². The Kier molecular flexibility index (Phi) is 6.14. The van der Waals surface area contributed by atoms with Gasteiger partial charge in [0, 0.05) is 12.1 Å². The van der Waals surface area contributed by atoms with Gasteiger partial charge in [-0.25, -0.2) is 0 Å². The van der Waals surface area contributed by atoms with E-state index in [9.17, 15) is 18.0 Å². The molecule has 0 heterocycles. The molecule has 0 amide bonds. The summed E-state index contributed by atoms with van der Waals surface area (Å²) in [5.41, 5.74) is 6.09. The molecule has 4 nitrogen and oxygen atoms in total. The molecule has 0 saturated carbocycles. The Morgan fingerprint density at radius 3 is 2.40 bits per heavy atom. The van der Waals surface area contributed by atoms with Gasteiger partial charge in [-0.3, -0.25) is 4.79 Å². The highest BCUT2D eigenvalue weighted by atomic mass is 19.4. The van der Waals surface area contributed by atoms with Crippen molar-refractivity contribution >= 4 is 11.7 Å². The molecule has 0 radical (unpaired) electrons. The fourth-order valence-corrected chi connectivity index (χ4v) is 1.35. The lowest BCUT2D eigenvalue weighted by atomic mass is 10.3. The van der Waals surface area contributed by atoms with Crippen molar-refractivity contribution in [1.29, 1.82) is 0 Å². The summed E-state index contributed by atoms with van der Waals surface area (Å²) in [7, 11) is 0. The molecule has 7 heteroatoms. The van der Waals surface area contributed by atoms with E-state index < -0.39 is 18.6 Å². The summed E-state index contributed by atoms with van der Waals surface area (Å²) in [6, 6.07) is 6.63. The van der Waals surface area contributed by atoms with Crippen molar-refractivity contribution in [2.45, 2.75) is 25.4 Å². The molecule has 0 aliphatic carbocycles. The minimum absolute atomic E-state index is 0.0175. The molecule has 0 unspecified atom stereocenters. The first kappa shape index (κ1) is 16.1. The third-order valence-corrected chi connectivity index (χ3v) is 2.32. The van der Waals surface area contributed by atoms with Crippen LogP contribution in [0.5, 0.6) is 5.75 Å². The van der Waals surface area contributed by atoms with E-state index in [0.717, 1.165) is 0 Å². The number of carbonyl (C=O) groups excluding carboxylic acids is 1. The number of halogens is 3. The minimum Gasteiger partial charge on any atom is -0.493 e. The van der Waals surface area contributed by atoms with Gasteiger partial charge in [0.05, 0.1) is 19.6 Å². The molecule has 0 aromatic heterocycles. The maximum Gasteiger partial charge on any atom is 0.389 e. The van der Waals surface area contributed by atoms with Crippen molar-refractivity contribution in [1.82, 2.24) is 0 Å². The van der Waals surface area contributed by atoms with Crippen LogP contribution in [0.4, 0.5) is 18.9 Å². The Morgan fingerprint density at radius 2 is 1.80 bits per heavy atom. The van der Waals surface area contributed by atoms with E-state index in [2.05, 4.69) is 4.74 Å². The highest BCUT2D eigenvalue weighted by Gasteiger charge is 2.26. The molecule has 0 aliphatic heterocycles. The van der Waals surface area contributed by atoms with Crippen LogP contribution in [0, 0.1) is 0 Å². The molecule has 112 valence electrons. The van der Waals surface area contributed by atoms with E-state index in [4.69, 9.17) is 10.5 Å². The first-order valence-electron chi connectivity index (χ1n) is 6.07. The molecule has 0 atom stereocenters. The van der Waals surface area contributed by atoms with E-state index in [1.54, 1.807) is 24.3 Å². The van der Waals surface area contributed by atoms with E-state index in [-0.39, 0.29) is 26.1 Å². The normalized spacial score (nSPS) is 11.2. The van der Waals surface area contributed by atoms with Crippen LogP contribution < -0.4 is 10.5 Å². The maximum absolute atomic E-state index is 11.8. The third kappa shape index (κ3) is 7.50. The van der Waals surface area contributed by atoms with Crippen LogP contribution in [-0.4, -0.2) is 25.4 Å². The van der Waals surface area contributed by atoms with Crippen molar-refractivity contribution in [3.63, 3.8) is 0 Å². The lowest BCUT2D eigenvalue weighted by Gasteiger charge is -2.08. The zero-order valence-corrected chi connectivity index (χ0v) is 10.8. The first-order chi connectivity index (χ1) is 9.37. The number of hydrogen-bond donors (Lipinski definition) is 1. The number of esters is 1. The summed E-state index contributed by atoms with van der Waals surface area (Å²) in [6.07, 6.45) is -5.42. The Bertz CT molecular complexity index is 418. The van der Waals surface area contributed by atoms with Crippen molar-refractivity contribution in [2.75, 3.05) is 18.9 Å². The van der Waals surface area contributed by atoms with E-state index >= 15 is 0 Å². The van der Waals surface area contributed by atoms with Gasteiger partial charge in [-0.15, -0.1) is 0 Å². The smallest absolute Gasteiger partial charge is 0.389 e. The number of nitrogen functional groups attached to an aromatic ring is 1. The van der Waals surface area contributed by atoms with Gasteiger partial charge < -0.3 is 15.2 Å². The topological polar surface area (TPSA) is 61.5 Å². The molecular formula is C13H16F3NO3. The van der Waals surface area contributed by atoms with Crippen molar-refractivity contribution < 1.29 is 27.4 Å². The molecule has 2 N–H and O–H groups in total. The molecule has 20 heavy (non-hydrogen) atoms. The number of benzene rings is 1. The maximum atomic E-state index is 11.8. The van der Waals surface area contributed by atoms with Gasteiger partial charge in [-0.05, 0) is 30.7 Å². The number of hydrogen-bond acceptors (Lipinski definition) is 4. The summed E-state index contributed by atoms with van der Waals surface area (Å²) in [6.45, 7) is -0.137. The van der Waals surface area contributed by atoms with Crippen LogP contribution in [0.25, 0.3) is 0 Å². The molecule has 1 rings (SSSR count). The monoisotopic (exact) mass is 291 g/mol. The average molecular weight is 291 g/mol. The van der Waals surface area contributed by atoms with Gasteiger partial charge in [-0.1, -0.05) is 0 Å². The molecule has 0 aliphatic rings. The van der Waals surface area contributed by atoms with Gasteiger partial charge in [-0.2, -0.15) is 13.2 Å². The Hall–Kier alpha value is -1.92. The third-order valence-electron chi connectivity index (χ3n) is 2.32. The predicted molar refractivity (Wildman–Crippen MR) is 67.2 cm³/mol. The highest BCUT2D eigenvalue weighted by molar-refractivity contribution is 5.69. The molecule has 1 aromatic rings. The van der Waals surface area contributed by atoms with Crippen LogP contribution in [0.1, 0.15) is 19.3 Å². The summed E-state index contributed by atoms with van der Waals surface area (Å²) in [5, 5.41) is 0. The average Bonchev–Trinajstić information content (AvgIpc) is 2.36. The molecule has 0 fully saturated rings. The fourth-order valence-electron chi connectivity index (χ4n) is 1.35. The predicted octanol–water partition coefficient (Wildman–Crippen LogP) is 2.92.